The molecule has 0 saturated heterocycles. The summed E-state index contributed by atoms with van der Waals surface area (Å²) in [6.45, 7) is 7.28. The van der Waals surface area contributed by atoms with Crippen LogP contribution >= 0.6 is 0 Å². The highest BCUT2D eigenvalue weighted by molar-refractivity contribution is 6.10. The molecule has 0 N–H and O–H groups in total. The second-order valence-electron chi connectivity index (χ2n) is 7.05. The first-order chi connectivity index (χ1) is 13.7. The average Bonchev–Trinajstić information content (AvgIpc) is 3.05. The largest absolute Gasteiger partial charge is 0.345 e. The summed E-state index contributed by atoms with van der Waals surface area (Å²) < 4.78 is 2.17. The third-order valence-electron chi connectivity index (χ3n) is 5.42. The van der Waals surface area contributed by atoms with E-state index >= 15 is 0 Å². The lowest BCUT2D eigenvalue weighted by molar-refractivity contribution is 1.01. The number of aryl methyl sites for hydroxylation is 1. The van der Waals surface area contributed by atoms with Gasteiger partial charge in [0.05, 0.1) is 6.57 Å². The maximum atomic E-state index is 7.28. The number of aromatic nitrogens is 1. The van der Waals surface area contributed by atoms with Gasteiger partial charge in [-0.15, -0.1) is 0 Å². The minimum Gasteiger partial charge on any atom is -0.345 e. The molecule has 1 heterocycles. The Bertz CT molecular complexity index is 1370. The summed E-state index contributed by atoms with van der Waals surface area (Å²) >= 11 is 0. The van der Waals surface area contributed by atoms with Crippen molar-refractivity contribution in [1.29, 1.82) is 0 Å². The minimum absolute atomic E-state index is 0.675. The fourth-order valence-corrected chi connectivity index (χ4v) is 3.96. The fourth-order valence-electron chi connectivity index (χ4n) is 3.96. The molecule has 2 heteroatoms. The van der Waals surface area contributed by atoms with Crippen molar-refractivity contribution in [1.82, 2.24) is 4.57 Å². The molecule has 0 radical (unpaired) electrons. The lowest BCUT2D eigenvalue weighted by Gasteiger charge is -2.07. The lowest BCUT2D eigenvalue weighted by atomic mass is 9.98. The Morgan fingerprint density at radius 1 is 0.607 bits per heavy atom. The van der Waals surface area contributed by atoms with Crippen LogP contribution in [-0.4, -0.2) is 4.57 Å². The summed E-state index contributed by atoms with van der Waals surface area (Å²) in [4.78, 5) is 3.57. The van der Waals surface area contributed by atoms with Crippen LogP contribution in [-0.2, 0) is 7.05 Å². The maximum absolute atomic E-state index is 7.28. The van der Waals surface area contributed by atoms with Crippen molar-refractivity contribution in [2.45, 2.75) is 0 Å². The molecule has 5 aromatic rings. The molecular weight excluding hydrogens is 340 g/mol. The Kier molecular flexibility index (Phi) is 3.74. The summed E-state index contributed by atoms with van der Waals surface area (Å²) in [6.07, 6.45) is 0. The number of nitrogens with zero attached hydrogens (tertiary/aromatic N) is 2. The van der Waals surface area contributed by atoms with Gasteiger partial charge in [0.1, 0.15) is 0 Å². The molecule has 4 aromatic carbocycles. The van der Waals surface area contributed by atoms with Crippen LogP contribution in [0.1, 0.15) is 0 Å². The molecule has 5 rings (SSSR count). The predicted octanol–water partition coefficient (Wildman–Crippen LogP) is 7.22. The van der Waals surface area contributed by atoms with E-state index in [-0.39, 0.29) is 0 Å². The first-order valence-corrected chi connectivity index (χ1v) is 9.30. The molecule has 0 aliphatic carbocycles. The molecule has 28 heavy (non-hydrogen) atoms. The van der Waals surface area contributed by atoms with E-state index in [4.69, 9.17) is 6.57 Å². The first-order valence-electron chi connectivity index (χ1n) is 9.30. The standard InChI is InChI=1S/C26H18N2/c1-27-22-12-13-23-24-16-21(11-14-25(24)28(2)26(23)17-22)20-10-6-9-19(15-20)18-7-4-3-5-8-18/h3-17H,2H3. The molecule has 0 atom stereocenters. The Hall–Kier alpha value is -3.83. The van der Waals surface area contributed by atoms with Gasteiger partial charge in [0.15, 0.2) is 5.69 Å². The van der Waals surface area contributed by atoms with Gasteiger partial charge in [0.25, 0.3) is 0 Å². The van der Waals surface area contributed by atoms with Crippen LogP contribution in [0.15, 0.2) is 91.0 Å². The van der Waals surface area contributed by atoms with E-state index in [1.807, 2.05) is 18.2 Å². The van der Waals surface area contributed by atoms with Gasteiger partial charge in [-0.3, -0.25) is 0 Å². The van der Waals surface area contributed by atoms with Gasteiger partial charge in [-0.05, 0) is 46.5 Å². The second-order valence-corrected chi connectivity index (χ2v) is 7.05. The summed E-state index contributed by atoms with van der Waals surface area (Å²) in [7, 11) is 2.06. The summed E-state index contributed by atoms with van der Waals surface area (Å²) in [5.41, 5.74) is 7.80. The highest BCUT2D eigenvalue weighted by atomic mass is 14.9. The van der Waals surface area contributed by atoms with Gasteiger partial charge in [0.2, 0.25) is 0 Å². The Morgan fingerprint density at radius 2 is 1.32 bits per heavy atom. The van der Waals surface area contributed by atoms with Crippen molar-refractivity contribution in [2.24, 2.45) is 7.05 Å². The molecule has 0 saturated carbocycles. The molecule has 0 bridgehead atoms. The zero-order chi connectivity index (χ0) is 19.1. The van der Waals surface area contributed by atoms with Gasteiger partial charge in [-0.1, -0.05) is 66.7 Å². The normalized spacial score (nSPS) is 11.0. The molecule has 1 aromatic heterocycles. The van der Waals surface area contributed by atoms with Crippen LogP contribution in [0.25, 0.3) is 48.9 Å². The van der Waals surface area contributed by atoms with Crippen molar-refractivity contribution >= 4 is 27.5 Å². The van der Waals surface area contributed by atoms with E-state index < -0.39 is 0 Å². The molecule has 0 aliphatic heterocycles. The van der Waals surface area contributed by atoms with Crippen LogP contribution in [0.5, 0.6) is 0 Å². The van der Waals surface area contributed by atoms with E-state index in [1.165, 1.54) is 38.5 Å². The van der Waals surface area contributed by atoms with Crippen molar-refractivity contribution in [3.8, 4) is 22.3 Å². The number of hydrogen-bond acceptors (Lipinski definition) is 0. The molecule has 0 unspecified atom stereocenters. The summed E-state index contributed by atoms with van der Waals surface area (Å²) in [6, 6.07) is 31.7. The van der Waals surface area contributed by atoms with E-state index in [9.17, 15) is 0 Å². The zero-order valence-electron chi connectivity index (χ0n) is 15.6. The number of fused-ring (bicyclic) bond motifs is 3. The number of benzene rings is 4. The SMILES string of the molecule is [C-]#[N+]c1ccc2c3cc(-c4cccc(-c5ccccc5)c4)ccc3n(C)c2c1. The van der Waals surface area contributed by atoms with E-state index in [1.54, 1.807) is 0 Å². The third-order valence-corrected chi connectivity index (χ3v) is 5.42. The van der Waals surface area contributed by atoms with Gasteiger partial charge in [-0.25, -0.2) is 4.85 Å². The smallest absolute Gasteiger partial charge is 0.189 e. The summed E-state index contributed by atoms with van der Waals surface area (Å²) in [5, 5.41) is 2.41. The molecular formula is C26H18N2. The zero-order valence-corrected chi connectivity index (χ0v) is 15.6. The topological polar surface area (TPSA) is 9.29 Å². The maximum Gasteiger partial charge on any atom is 0.189 e. The first kappa shape index (κ1) is 16.4. The molecule has 0 fully saturated rings. The molecule has 0 spiro atoms. The van der Waals surface area contributed by atoms with E-state index in [0.29, 0.717) is 5.69 Å². The highest BCUT2D eigenvalue weighted by Gasteiger charge is 2.10. The molecule has 0 amide bonds. The fraction of sp³-hybridized carbons (Fsp3) is 0.0385. The van der Waals surface area contributed by atoms with Crippen LogP contribution in [0.3, 0.4) is 0 Å². The van der Waals surface area contributed by atoms with Crippen LogP contribution in [0.2, 0.25) is 0 Å². The Labute approximate surface area is 164 Å². The van der Waals surface area contributed by atoms with Crippen LogP contribution in [0.4, 0.5) is 5.69 Å². The quantitative estimate of drug-likeness (QED) is 0.295. The monoisotopic (exact) mass is 358 g/mol. The van der Waals surface area contributed by atoms with Crippen molar-refractivity contribution in [3.63, 3.8) is 0 Å². The lowest BCUT2D eigenvalue weighted by Crippen LogP contribution is -1.86. The van der Waals surface area contributed by atoms with Gasteiger partial charge < -0.3 is 4.57 Å². The highest BCUT2D eigenvalue weighted by Crippen LogP contribution is 2.34. The number of rotatable bonds is 2. The third kappa shape index (κ3) is 2.57. The van der Waals surface area contributed by atoms with Crippen LogP contribution in [0, 0.1) is 6.57 Å². The molecule has 132 valence electrons. The van der Waals surface area contributed by atoms with Crippen molar-refractivity contribution in [3.05, 3.63) is 102 Å². The minimum atomic E-state index is 0.675. The van der Waals surface area contributed by atoms with Crippen LogP contribution < -0.4 is 0 Å². The van der Waals surface area contributed by atoms with E-state index in [0.717, 1.165) is 5.52 Å². The van der Waals surface area contributed by atoms with Gasteiger partial charge in [-0.2, -0.15) is 0 Å². The second kappa shape index (κ2) is 6.40. The van der Waals surface area contributed by atoms with Gasteiger partial charge in [0, 0.05) is 28.9 Å². The van der Waals surface area contributed by atoms with Crippen molar-refractivity contribution in [2.75, 3.05) is 0 Å². The van der Waals surface area contributed by atoms with Gasteiger partial charge >= 0.3 is 0 Å². The summed E-state index contributed by atoms with van der Waals surface area (Å²) in [5.74, 6) is 0. The molecule has 2 nitrogen and oxygen atoms in total. The van der Waals surface area contributed by atoms with E-state index in [2.05, 4.69) is 89.3 Å². The average molecular weight is 358 g/mol. The Morgan fingerprint density at radius 3 is 2.11 bits per heavy atom. The Balaban J connectivity index is 1.69. The predicted molar refractivity (Wildman–Crippen MR) is 118 cm³/mol. The number of hydrogen-bond donors (Lipinski definition) is 0. The van der Waals surface area contributed by atoms with Crippen molar-refractivity contribution < 1.29 is 0 Å². The molecule has 0 aliphatic rings.